The zero-order valence-electron chi connectivity index (χ0n) is 29.2. The summed E-state index contributed by atoms with van der Waals surface area (Å²) in [4.78, 5) is 8.38. The monoisotopic (exact) mass is 788 g/mol. The third kappa shape index (κ3) is 9.30. The first-order valence-corrected chi connectivity index (χ1v) is 22.4. The van der Waals surface area contributed by atoms with Crippen LogP contribution in [-0.2, 0) is 23.3 Å². The van der Waals surface area contributed by atoms with Crippen LogP contribution in [0.3, 0.4) is 0 Å². The van der Waals surface area contributed by atoms with Crippen LogP contribution in [0.25, 0.3) is 55.2 Å². The van der Waals surface area contributed by atoms with Gasteiger partial charge < -0.3 is 33.9 Å². The van der Waals surface area contributed by atoms with Crippen LogP contribution in [-0.4, -0.2) is 24.5 Å². The van der Waals surface area contributed by atoms with Gasteiger partial charge in [0.1, 0.15) is 0 Å². The molecule has 2 heterocycles. The van der Waals surface area contributed by atoms with E-state index in [1.165, 1.54) is 77.4 Å². The average molecular weight is 791 g/mol. The first-order valence-electron chi connectivity index (χ1n) is 16.2. The van der Waals surface area contributed by atoms with Crippen molar-refractivity contribution in [1.29, 1.82) is 0 Å². The number of fused-ring (bicyclic) bond motifs is 2. The molecule has 8 rings (SSSR count). The van der Waals surface area contributed by atoms with Crippen LogP contribution >= 0.6 is 0 Å². The number of hydrogen-bond donors (Lipinski definition) is 0. The molecular weight excluding hydrogens is 751 g/mol. The maximum Gasteiger partial charge on any atom is 0.0984 e. The van der Waals surface area contributed by atoms with Crippen LogP contribution in [0.15, 0.2) is 135 Å². The Balaban J connectivity index is 0.000000196. The van der Waals surface area contributed by atoms with E-state index in [1.807, 2.05) is 37.4 Å². The van der Waals surface area contributed by atoms with Crippen LogP contribution in [0.1, 0.15) is 22.3 Å². The van der Waals surface area contributed by atoms with Gasteiger partial charge in [-0.05, 0) is 37.1 Å². The quantitative estimate of drug-likeness (QED) is 0.189. The molecule has 0 unspecified atom stereocenters. The van der Waals surface area contributed by atoms with Crippen LogP contribution in [0.2, 0.25) is 13.1 Å². The van der Waals surface area contributed by atoms with Crippen molar-refractivity contribution in [3.05, 3.63) is 157 Å². The summed E-state index contributed by atoms with van der Waals surface area (Å²) >= 11 is 1.74. The second-order valence-electron chi connectivity index (χ2n) is 12.7. The Morgan fingerprint density at radius 2 is 0.900 bits per heavy atom. The van der Waals surface area contributed by atoms with Gasteiger partial charge in [-0.15, -0.1) is 56.9 Å². The van der Waals surface area contributed by atoms with Crippen LogP contribution in [0.4, 0.5) is 0 Å². The molecule has 6 aromatic carbocycles. The minimum Gasteiger partial charge on any atom is -1.00 e. The van der Waals surface area contributed by atoms with Gasteiger partial charge in [-0.3, -0.25) is 0 Å². The molecule has 0 N–H and O–H groups in total. The maximum atomic E-state index is 4.19. The fourth-order valence-electron chi connectivity index (χ4n) is 5.96. The van der Waals surface area contributed by atoms with Gasteiger partial charge in [-0.1, -0.05) is 84.6 Å². The maximum absolute atomic E-state index is 4.19. The second kappa shape index (κ2) is 17.4. The van der Waals surface area contributed by atoms with Crippen molar-refractivity contribution in [2.24, 2.45) is 0 Å². The molecule has 0 saturated heterocycles. The van der Waals surface area contributed by atoms with Gasteiger partial charge in [-0.2, -0.15) is 12.1 Å². The predicted molar refractivity (Wildman–Crippen MR) is 201 cm³/mol. The molecule has 0 aliphatic heterocycles. The third-order valence-corrected chi connectivity index (χ3v) is 8.23. The summed E-state index contributed by atoms with van der Waals surface area (Å²) in [5, 5.41) is 5.09. The molecule has 2 aromatic heterocycles. The summed E-state index contributed by atoms with van der Waals surface area (Å²) < 4.78 is 4.17. The largest absolute Gasteiger partial charge is 1.00 e. The standard InChI is InChI=1S/2C20H17N2.C2H6Si.2ClH.Zr/c2*1-14-3-5-16(6-4-14)17-11-18-9-15(2)10-19(18)20(12-17)22-8-7-21-13-22;1-3-2;;;/h2*3-13H,1-2H3;1-2H3;2*1H;/q2*-1;;;;+2/p-2. The van der Waals surface area contributed by atoms with E-state index in [9.17, 15) is 0 Å². The molecule has 0 atom stereocenters. The summed E-state index contributed by atoms with van der Waals surface area (Å²) in [6, 6.07) is 35.4. The first kappa shape index (κ1) is 39.0. The number of rotatable bonds is 4. The number of nitrogens with zero attached hydrogens (tertiary/aromatic N) is 4. The van der Waals surface area contributed by atoms with E-state index in [2.05, 4.69) is 157 Å². The van der Waals surface area contributed by atoms with Crippen molar-refractivity contribution in [2.75, 3.05) is 0 Å². The average Bonchev–Trinajstić information content (AvgIpc) is 3.88. The molecule has 8 heteroatoms. The summed E-state index contributed by atoms with van der Waals surface area (Å²) in [6.07, 6.45) is 11.3. The number of imidazole rings is 2. The van der Waals surface area contributed by atoms with E-state index in [0.717, 1.165) is 0 Å². The van der Waals surface area contributed by atoms with Gasteiger partial charge in [0.25, 0.3) is 0 Å². The SMILES string of the molecule is C[Si](C)=[Zr+2].Cc1ccc(-c2cc(-n3ccnc3)c3cc(C)[cH-]c3c2)cc1.Cc1ccc(-c2cc(-n3ccnc3)c3cc(C)[cH-]c3c2)cc1.[Cl-].[Cl-]. The molecule has 8 aromatic rings. The minimum atomic E-state index is 0. The van der Waals surface area contributed by atoms with Crippen LogP contribution in [0, 0.1) is 27.7 Å². The number of hydrogen-bond acceptors (Lipinski definition) is 2. The molecular formula is C42H40Cl2N4SiZr-2. The Kier molecular flexibility index (Phi) is 13.6. The summed E-state index contributed by atoms with van der Waals surface area (Å²) in [5.74, 6) is 0. The number of aromatic nitrogens is 4. The van der Waals surface area contributed by atoms with E-state index >= 15 is 0 Å². The van der Waals surface area contributed by atoms with Gasteiger partial charge in [-0.25, -0.2) is 9.97 Å². The molecule has 0 saturated carbocycles. The van der Waals surface area contributed by atoms with Gasteiger partial charge in [0.2, 0.25) is 0 Å². The molecule has 0 aliphatic carbocycles. The Bertz CT molecular complexity index is 2140. The summed E-state index contributed by atoms with van der Waals surface area (Å²) in [7, 11) is 0. The van der Waals surface area contributed by atoms with Crippen LogP contribution in [0.5, 0.6) is 0 Å². The smallest absolute Gasteiger partial charge is 0.0984 e. The predicted octanol–water partition coefficient (Wildman–Crippen LogP) is 4.85. The van der Waals surface area contributed by atoms with Crippen molar-refractivity contribution < 1.29 is 48.1 Å². The first-order chi connectivity index (χ1) is 23.1. The van der Waals surface area contributed by atoms with Crippen molar-refractivity contribution in [1.82, 2.24) is 19.1 Å². The number of benzene rings is 4. The molecule has 0 bridgehead atoms. The van der Waals surface area contributed by atoms with E-state index in [0.29, 0.717) is 0 Å². The molecule has 0 amide bonds. The molecule has 252 valence electrons. The summed E-state index contributed by atoms with van der Waals surface area (Å²) in [6.45, 7) is 13.1. The van der Waals surface area contributed by atoms with Gasteiger partial charge in [0.15, 0.2) is 0 Å². The normalized spacial score (nSPS) is 10.4. The Labute approximate surface area is 323 Å². The molecule has 0 radical (unpaired) electrons. The Hall–Kier alpha value is -3.80. The van der Waals surface area contributed by atoms with E-state index < -0.39 is 0 Å². The Morgan fingerprint density at radius 1 is 0.540 bits per heavy atom. The Morgan fingerprint density at radius 3 is 1.22 bits per heavy atom. The van der Waals surface area contributed by atoms with Crippen molar-refractivity contribution >= 4 is 27.0 Å². The van der Waals surface area contributed by atoms with Crippen LogP contribution < -0.4 is 24.8 Å². The number of aryl methyl sites for hydroxylation is 4. The fourth-order valence-corrected chi connectivity index (χ4v) is 5.96. The topological polar surface area (TPSA) is 35.6 Å². The fraction of sp³-hybridized carbons (Fsp3) is 0.143. The van der Waals surface area contributed by atoms with E-state index in [-0.39, 0.29) is 30.2 Å². The van der Waals surface area contributed by atoms with Gasteiger partial charge in [0.05, 0.1) is 12.7 Å². The zero-order valence-corrected chi connectivity index (χ0v) is 34.2. The van der Waals surface area contributed by atoms with E-state index in [1.54, 1.807) is 23.3 Å². The van der Waals surface area contributed by atoms with Crippen molar-refractivity contribution in [3.63, 3.8) is 0 Å². The molecule has 0 spiro atoms. The zero-order chi connectivity index (χ0) is 33.8. The van der Waals surface area contributed by atoms with Gasteiger partial charge in [0, 0.05) is 36.2 Å². The number of halogens is 2. The van der Waals surface area contributed by atoms with E-state index in [4.69, 9.17) is 0 Å². The van der Waals surface area contributed by atoms with Gasteiger partial charge >= 0.3 is 41.9 Å². The third-order valence-electron chi connectivity index (χ3n) is 8.23. The molecule has 0 aliphatic rings. The molecule has 50 heavy (non-hydrogen) atoms. The van der Waals surface area contributed by atoms with Crippen molar-refractivity contribution in [3.8, 4) is 33.6 Å². The molecule has 4 nitrogen and oxygen atoms in total. The van der Waals surface area contributed by atoms with Crippen molar-refractivity contribution in [2.45, 2.75) is 40.8 Å². The minimum absolute atomic E-state index is 0. The summed E-state index contributed by atoms with van der Waals surface area (Å²) in [5.41, 5.74) is 12.7. The molecule has 0 fully saturated rings. The second-order valence-corrected chi connectivity index (χ2v) is 22.1.